The maximum absolute atomic E-state index is 13.6. The van der Waals surface area contributed by atoms with Gasteiger partial charge in [0, 0.05) is 61.3 Å². The highest BCUT2D eigenvalue weighted by molar-refractivity contribution is 6.03. The molecule has 3 N–H and O–H groups in total. The highest BCUT2D eigenvalue weighted by atomic mass is 16.6. The number of pyridine rings is 2. The number of hydrogen-bond acceptors (Lipinski definition) is 9. The van der Waals surface area contributed by atoms with E-state index in [9.17, 15) is 14.7 Å². The zero-order valence-electron chi connectivity index (χ0n) is 29.8. The van der Waals surface area contributed by atoms with Gasteiger partial charge >= 0.3 is 6.09 Å². The number of hydrogen-bond donors (Lipinski definition) is 3. The average Bonchev–Trinajstić information content (AvgIpc) is 3.73. The number of rotatable bonds is 7. The predicted molar refractivity (Wildman–Crippen MR) is 197 cm³/mol. The van der Waals surface area contributed by atoms with Crippen molar-refractivity contribution in [1.82, 2.24) is 29.3 Å². The van der Waals surface area contributed by atoms with Crippen molar-refractivity contribution in [3.63, 3.8) is 0 Å². The Balaban J connectivity index is 1.09. The molecule has 51 heavy (non-hydrogen) atoms. The molecular weight excluding hydrogens is 644 g/mol. The van der Waals surface area contributed by atoms with Gasteiger partial charge in [0.15, 0.2) is 11.6 Å². The molecule has 3 aromatic heterocycles. The smallest absolute Gasteiger partial charge is 0.410 e. The summed E-state index contributed by atoms with van der Waals surface area (Å²) in [7, 11) is 1.82. The van der Waals surface area contributed by atoms with Crippen molar-refractivity contribution in [3.05, 3.63) is 89.3 Å². The van der Waals surface area contributed by atoms with E-state index >= 15 is 0 Å². The number of aromatic nitrogens is 4. The minimum atomic E-state index is -0.601. The number of imidazole rings is 1. The first kappa shape index (κ1) is 34.0. The summed E-state index contributed by atoms with van der Waals surface area (Å²) in [5.41, 5.74) is 6.11. The Morgan fingerprint density at radius 1 is 0.980 bits per heavy atom. The van der Waals surface area contributed by atoms with E-state index in [2.05, 4.69) is 31.6 Å². The van der Waals surface area contributed by atoms with Gasteiger partial charge < -0.3 is 29.9 Å². The number of likely N-dealkylation sites (tertiary alicyclic amines) is 1. The Labute approximate surface area is 297 Å². The lowest BCUT2D eigenvalue weighted by Gasteiger charge is -2.29. The van der Waals surface area contributed by atoms with Crippen LogP contribution in [0.1, 0.15) is 66.7 Å². The van der Waals surface area contributed by atoms with Crippen molar-refractivity contribution in [2.75, 3.05) is 30.3 Å². The third-order valence-corrected chi connectivity index (χ3v) is 9.53. The van der Waals surface area contributed by atoms with Crippen LogP contribution in [-0.2, 0) is 31.3 Å². The fourth-order valence-electron chi connectivity index (χ4n) is 6.93. The van der Waals surface area contributed by atoms with E-state index in [4.69, 9.17) is 9.72 Å². The molecular formula is C39H44N8O4. The molecule has 0 unspecified atom stereocenters. The fraction of sp³-hybridized carbons (Fsp3) is 0.359. The Kier molecular flexibility index (Phi) is 9.11. The summed E-state index contributed by atoms with van der Waals surface area (Å²) in [5.74, 6) is 0.496. The van der Waals surface area contributed by atoms with Crippen LogP contribution in [-0.4, -0.2) is 71.7 Å². The summed E-state index contributed by atoms with van der Waals surface area (Å²) < 4.78 is 7.34. The molecule has 2 aromatic carbocycles. The number of ether oxygens (including phenoxy) is 1. The molecule has 1 saturated heterocycles. The minimum absolute atomic E-state index is 0.0554. The van der Waals surface area contributed by atoms with Crippen LogP contribution < -0.4 is 10.6 Å². The third kappa shape index (κ3) is 7.09. The van der Waals surface area contributed by atoms with E-state index in [-0.39, 0.29) is 24.0 Å². The van der Waals surface area contributed by atoms with Crippen LogP contribution in [0.15, 0.2) is 60.9 Å². The number of carbonyl (C=O) groups excluding carboxylic acids is 2. The Bertz CT molecular complexity index is 2130. The van der Waals surface area contributed by atoms with Crippen molar-refractivity contribution in [2.45, 2.75) is 65.6 Å². The largest absolute Gasteiger partial charge is 0.505 e. The van der Waals surface area contributed by atoms with Crippen molar-refractivity contribution in [1.29, 1.82) is 0 Å². The number of benzene rings is 2. The van der Waals surface area contributed by atoms with Gasteiger partial charge in [-0.1, -0.05) is 24.3 Å². The summed E-state index contributed by atoms with van der Waals surface area (Å²) >= 11 is 0. The van der Waals surface area contributed by atoms with Crippen LogP contribution in [0.25, 0.3) is 22.0 Å². The first-order valence-electron chi connectivity index (χ1n) is 17.4. The first-order chi connectivity index (χ1) is 24.4. The molecule has 2 aliphatic rings. The quantitative estimate of drug-likeness (QED) is 0.156. The number of carbonyl (C=O) groups is 2. The fourth-order valence-corrected chi connectivity index (χ4v) is 6.93. The second-order valence-corrected chi connectivity index (χ2v) is 14.4. The van der Waals surface area contributed by atoms with Crippen molar-refractivity contribution >= 4 is 40.1 Å². The molecule has 0 radical (unpaired) electrons. The zero-order chi connectivity index (χ0) is 35.9. The van der Waals surface area contributed by atoms with E-state index in [0.29, 0.717) is 41.4 Å². The molecule has 5 heterocycles. The van der Waals surface area contributed by atoms with E-state index in [1.807, 2.05) is 77.3 Å². The molecule has 5 aromatic rings. The molecule has 264 valence electrons. The maximum Gasteiger partial charge on any atom is 0.410 e. The highest BCUT2D eigenvalue weighted by Gasteiger charge is 2.30. The van der Waals surface area contributed by atoms with Gasteiger partial charge in [0.1, 0.15) is 16.9 Å². The van der Waals surface area contributed by atoms with Gasteiger partial charge in [0.2, 0.25) is 0 Å². The van der Waals surface area contributed by atoms with Crippen molar-refractivity contribution in [2.24, 2.45) is 7.05 Å². The summed E-state index contributed by atoms with van der Waals surface area (Å²) in [5, 5.41) is 18.9. The summed E-state index contributed by atoms with van der Waals surface area (Å²) in [6.45, 7) is 11.3. The molecule has 0 aliphatic carbocycles. The second-order valence-electron chi connectivity index (χ2n) is 14.4. The lowest BCUT2D eigenvalue weighted by atomic mass is 9.97. The summed E-state index contributed by atoms with van der Waals surface area (Å²) in [4.78, 5) is 44.3. The monoisotopic (exact) mass is 688 g/mol. The van der Waals surface area contributed by atoms with Gasteiger partial charge in [0.25, 0.3) is 5.91 Å². The number of nitrogens with one attached hydrogen (secondary N) is 2. The van der Waals surface area contributed by atoms with Crippen LogP contribution >= 0.6 is 0 Å². The minimum Gasteiger partial charge on any atom is -0.505 e. The van der Waals surface area contributed by atoms with Crippen LogP contribution in [0, 0.1) is 6.92 Å². The molecule has 0 saturated carbocycles. The molecule has 0 spiro atoms. The van der Waals surface area contributed by atoms with E-state index in [1.54, 1.807) is 21.7 Å². The number of phenols is 1. The number of aromatic hydroxyl groups is 1. The lowest BCUT2D eigenvalue weighted by Crippen LogP contribution is -2.40. The third-order valence-electron chi connectivity index (χ3n) is 9.53. The topological polar surface area (TPSA) is 138 Å². The Morgan fingerprint density at radius 2 is 1.73 bits per heavy atom. The SMILES string of the molecule is Cc1c(NC(=O)c2nc3c(n2C)CCN(C(=O)OC(C)(C)C)C3)cccc1-c1cccc(Nc2nccc3cc(CN4CCCC4)cnc23)c1O. The van der Waals surface area contributed by atoms with Gasteiger partial charge in [-0.25, -0.2) is 14.8 Å². The normalized spacial score (nSPS) is 14.8. The van der Waals surface area contributed by atoms with Crippen molar-refractivity contribution in [3.8, 4) is 16.9 Å². The number of para-hydroxylation sites is 1. The van der Waals surface area contributed by atoms with Gasteiger partial charge in [0.05, 0.1) is 17.9 Å². The van der Waals surface area contributed by atoms with E-state index < -0.39 is 11.7 Å². The number of fused-ring (bicyclic) bond motifs is 2. The predicted octanol–water partition coefficient (Wildman–Crippen LogP) is 6.93. The van der Waals surface area contributed by atoms with Crippen LogP contribution in [0.5, 0.6) is 5.75 Å². The number of anilines is 3. The maximum atomic E-state index is 13.6. The number of amides is 2. The summed E-state index contributed by atoms with van der Waals surface area (Å²) in [6.07, 6.45) is 6.31. The zero-order valence-corrected chi connectivity index (χ0v) is 29.8. The average molecular weight is 689 g/mol. The molecule has 1 fully saturated rings. The van der Waals surface area contributed by atoms with Gasteiger partial charge in [-0.05, 0) is 94.6 Å². The van der Waals surface area contributed by atoms with Gasteiger partial charge in [-0.3, -0.25) is 14.7 Å². The standard InChI is InChI=1S/C39H44N8O4/c1-24-27(10-8-12-29(24)44-37(49)36-43-31-23-47(19-15-32(31)45(36)5)38(50)51-39(2,3)4)28-11-9-13-30(34(28)48)42-35-33-26(14-16-40-35)20-25(21-41-33)22-46-17-6-7-18-46/h8-14,16,20-21,48H,6-7,15,17-19,22-23H2,1-5H3,(H,40,42)(H,44,49). The van der Waals surface area contributed by atoms with E-state index in [0.717, 1.165) is 47.4 Å². The molecule has 12 nitrogen and oxygen atoms in total. The molecule has 0 atom stereocenters. The molecule has 7 rings (SSSR count). The molecule has 2 amide bonds. The van der Waals surface area contributed by atoms with Crippen molar-refractivity contribution < 1.29 is 19.4 Å². The Morgan fingerprint density at radius 3 is 2.49 bits per heavy atom. The molecule has 2 aliphatic heterocycles. The van der Waals surface area contributed by atoms with Crippen LogP contribution in [0.3, 0.4) is 0 Å². The highest BCUT2D eigenvalue weighted by Crippen LogP contribution is 2.40. The van der Waals surface area contributed by atoms with Crippen LogP contribution in [0.2, 0.25) is 0 Å². The van der Waals surface area contributed by atoms with E-state index in [1.165, 1.54) is 18.4 Å². The Hall–Kier alpha value is -5.49. The lowest BCUT2D eigenvalue weighted by molar-refractivity contribution is 0.0220. The van der Waals surface area contributed by atoms with Crippen LogP contribution in [0.4, 0.5) is 22.0 Å². The molecule has 0 bridgehead atoms. The number of nitrogens with zero attached hydrogens (tertiary/aromatic N) is 6. The van der Waals surface area contributed by atoms with Gasteiger partial charge in [-0.2, -0.15) is 0 Å². The van der Waals surface area contributed by atoms with Gasteiger partial charge in [-0.15, -0.1) is 0 Å². The summed E-state index contributed by atoms with van der Waals surface area (Å²) in [6, 6.07) is 15.2. The number of phenolic OH excluding ortho intramolecular Hbond substituents is 1. The second kappa shape index (κ2) is 13.7. The molecule has 12 heteroatoms. The first-order valence-corrected chi connectivity index (χ1v) is 17.4.